The van der Waals surface area contributed by atoms with Crippen LogP contribution in [0.15, 0.2) is 48.5 Å². The van der Waals surface area contributed by atoms with Crippen LogP contribution in [-0.2, 0) is 0 Å². The van der Waals surface area contributed by atoms with Gasteiger partial charge in [0.25, 0.3) is 0 Å². The summed E-state index contributed by atoms with van der Waals surface area (Å²) in [5.74, 6) is 0.577. The van der Waals surface area contributed by atoms with Crippen LogP contribution in [0.5, 0.6) is 23.0 Å². The Labute approximate surface area is 263 Å². The maximum absolute atomic E-state index is 15.0. The Morgan fingerprint density at radius 2 is 0.591 bits per heavy atom. The fourth-order valence-corrected chi connectivity index (χ4v) is 21.1. The van der Waals surface area contributed by atoms with E-state index in [4.69, 9.17) is 18.1 Å². The van der Waals surface area contributed by atoms with Gasteiger partial charge in [-0.1, -0.05) is 12.1 Å². The summed E-state index contributed by atoms with van der Waals surface area (Å²) in [5.41, 5.74) is -3.68. The maximum Gasteiger partial charge on any atom is 0.380 e. The highest BCUT2D eigenvalue weighted by Crippen LogP contribution is 2.95. The number of hydrogen-bond acceptors (Lipinski definition) is 12. The topological polar surface area (TPSA) is 142 Å². The zero-order valence-electron chi connectivity index (χ0n) is 27.5. The average molecular weight is 689 g/mol. The number of rotatable bonds is 0. The lowest BCUT2D eigenvalue weighted by molar-refractivity contribution is -0.263. The second-order valence-corrected chi connectivity index (χ2v) is 24.2. The predicted octanol–water partition coefficient (Wildman–Crippen LogP) is 5.50. The average Bonchev–Trinajstić information content (AvgIpc) is 2.73. The monoisotopic (exact) mass is 688 g/mol. The fraction of sp³-hybridized carbons (Fsp3) is 0.571. The van der Waals surface area contributed by atoms with E-state index in [1.165, 1.54) is 29.9 Å². The third-order valence-corrected chi connectivity index (χ3v) is 22.7. The Hall–Kier alpha value is -0.960. The van der Waals surface area contributed by atoms with E-state index in [9.17, 15) is 19.6 Å². The van der Waals surface area contributed by atoms with Crippen molar-refractivity contribution in [1.29, 1.82) is 0 Å². The summed E-state index contributed by atoms with van der Waals surface area (Å²) in [5, 5.41) is 0. The minimum atomic E-state index is -4.03. The predicted molar refractivity (Wildman–Crippen MR) is 169 cm³/mol. The van der Waals surface area contributed by atoms with Gasteiger partial charge in [-0.3, -0.25) is 0 Å². The van der Waals surface area contributed by atoms with Crippen molar-refractivity contribution in [1.82, 2.24) is 17.8 Å². The minimum Gasteiger partial charge on any atom is -0.613 e. The molecule has 2 aromatic carbocycles. The molecule has 0 radical (unpaired) electrons. The minimum absolute atomic E-state index is 0.144. The van der Waals surface area contributed by atoms with Gasteiger partial charge >= 0.3 is 32.1 Å². The Morgan fingerprint density at radius 3 is 0.750 bits per heavy atom. The van der Waals surface area contributed by atoms with Gasteiger partial charge in [-0.05, 0) is 107 Å². The van der Waals surface area contributed by atoms with Crippen LogP contribution in [0.1, 0.15) is 83.1 Å². The van der Waals surface area contributed by atoms with Crippen molar-refractivity contribution in [2.45, 2.75) is 105 Å². The van der Waals surface area contributed by atoms with Gasteiger partial charge < -0.3 is 37.7 Å². The molecule has 244 valence electrons. The van der Waals surface area contributed by atoms with Crippen molar-refractivity contribution in [3.05, 3.63) is 48.5 Å². The van der Waals surface area contributed by atoms with Crippen molar-refractivity contribution in [2.75, 3.05) is 0 Å². The van der Waals surface area contributed by atoms with Crippen molar-refractivity contribution in [3.8, 4) is 23.0 Å². The van der Waals surface area contributed by atoms with Crippen LogP contribution < -0.4 is 37.7 Å². The molecule has 16 heteroatoms. The molecule has 0 saturated carbocycles. The third kappa shape index (κ3) is 5.34. The lowest BCUT2D eigenvalue weighted by atomic mass is 10.1. The van der Waals surface area contributed by atoms with Gasteiger partial charge in [-0.25, -0.2) is 0 Å². The molecule has 0 aromatic heterocycles. The lowest BCUT2D eigenvalue weighted by Gasteiger charge is -2.63. The molecule has 44 heavy (non-hydrogen) atoms. The van der Waals surface area contributed by atoms with Crippen LogP contribution in [0, 0.1) is 0 Å². The maximum atomic E-state index is 15.0. The largest absolute Gasteiger partial charge is 0.613 e. The highest BCUT2D eigenvalue weighted by molar-refractivity contribution is 7.90. The van der Waals surface area contributed by atoms with E-state index < -0.39 is 54.2 Å². The lowest BCUT2D eigenvalue weighted by Crippen LogP contribution is -2.70. The Bertz CT molecular complexity index is 1220. The summed E-state index contributed by atoms with van der Waals surface area (Å²) in [4.78, 5) is 59.8. The van der Waals surface area contributed by atoms with Gasteiger partial charge in [0.05, 0.1) is 39.9 Å². The van der Waals surface area contributed by atoms with Crippen LogP contribution in [0.3, 0.4) is 0 Å². The molecule has 8 bridgehead atoms. The highest BCUT2D eigenvalue weighted by atomic mass is 31.3. The summed E-state index contributed by atoms with van der Waals surface area (Å²) in [6, 6.07) is 12.6. The second-order valence-electron chi connectivity index (χ2n) is 15.1. The summed E-state index contributed by atoms with van der Waals surface area (Å²) < 4.78 is 30.4. The number of hydrogen-bond donors (Lipinski definition) is 0. The molecule has 0 amide bonds. The molecule has 6 aliphatic rings. The smallest absolute Gasteiger partial charge is 0.380 e. The molecule has 2 aromatic rings. The first-order chi connectivity index (χ1) is 19.8. The molecule has 6 heterocycles. The molecule has 8 rings (SSSR count). The molecule has 2 fully saturated rings. The van der Waals surface area contributed by atoms with Crippen LogP contribution in [0.2, 0.25) is 0 Å². The van der Waals surface area contributed by atoms with Gasteiger partial charge in [0.15, 0.2) is 23.0 Å². The summed E-state index contributed by atoms with van der Waals surface area (Å²) >= 11 is 0. The van der Waals surface area contributed by atoms with E-state index in [-0.39, 0.29) is 23.0 Å². The first-order valence-electron chi connectivity index (χ1n) is 14.4. The van der Waals surface area contributed by atoms with E-state index in [2.05, 4.69) is 0 Å². The van der Waals surface area contributed by atoms with Crippen LogP contribution in [0.4, 0.5) is 0 Å². The van der Waals surface area contributed by atoms with E-state index in [0.717, 1.165) is 0 Å². The van der Waals surface area contributed by atoms with Crippen LogP contribution in [0.25, 0.3) is 0 Å². The molecule has 0 spiro atoms. The molecule has 0 aliphatic carbocycles. The van der Waals surface area contributed by atoms with Gasteiger partial charge in [0.1, 0.15) is 0 Å². The van der Waals surface area contributed by atoms with Gasteiger partial charge in [0, 0.05) is 12.1 Å². The molecular weight excluding hydrogens is 644 g/mol. The van der Waals surface area contributed by atoms with E-state index in [0.29, 0.717) is 0 Å². The molecule has 12 nitrogen and oxygen atoms in total. The van der Waals surface area contributed by atoms with Gasteiger partial charge in [0.2, 0.25) is 0 Å². The number of nitrogens with zero attached hydrogens (tertiary/aromatic N) is 4. The van der Waals surface area contributed by atoms with E-state index >= 15 is 0 Å². The quantitative estimate of drug-likeness (QED) is 0.323. The highest BCUT2D eigenvalue weighted by Gasteiger charge is 2.87. The zero-order valence-corrected chi connectivity index (χ0v) is 31.0. The standard InChI is InChI=1S/C28H44N4O8P4/c1-25(2,3)29-41(33)30(26(4,5)6)42(29,34)38-22-16-14-18-24(20-22)40-44(36)31(27(7,8)9)43(35,32(44)28(10,11)12)39-23-17-13-15-21(19-23)37-41/h13-20H,1-12H3. The van der Waals surface area contributed by atoms with Gasteiger partial charge in [-0.15, -0.1) is 0 Å². The second kappa shape index (κ2) is 10.3. The Balaban J connectivity index is 1.75. The zero-order chi connectivity index (χ0) is 33.1. The first kappa shape index (κ1) is 34.4. The fourth-order valence-electron chi connectivity index (χ4n) is 5.90. The van der Waals surface area contributed by atoms with Crippen LogP contribution >= 0.6 is 32.1 Å². The Morgan fingerprint density at radius 1 is 0.409 bits per heavy atom. The Kier molecular flexibility index (Phi) is 8.02. The van der Waals surface area contributed by atoms with E-state index in [1.54, 1.807) is 119 Å². The number of benzene rings is 2. The van der Waals surface area contributed by atoms with Gasteiger partial charge in [-0.2, -0.15) is 0 Å². The van der Waals surface area contributed by atoms with Crippen molar-refractivity contribution >= 4 is 32.1 Å². The molecule has 6 aliphatic heterocycles. The summed E-state index contributed by atoms with van der Waals surface area (Å²) in [6.45, 7) is 21.4. The van der Waals surface area contributed by atoms with Crippen molar-refractivity contribution in [2.24, 2.45) is 0 Å². The normalized spacial score (nSPS) is 32.4. The van der Waals surface area contributed by atoms with Crippen molar-refractivity contribution < 1.29 is 37.7 Å². The molecule has 0 atom stereocenters. The third-order valence-electron chi connectivity index (χ3n) is 6.82. The molecule has 0 unspecified atom stereocenters. The summed E-state index contributed by atoms with van der Waals surface area (Å²) in [6.07, 6.45) is 0. The summed E-state index contributed by atoms with van der Waals surface area (Å²) in [7, 11) is -16.1. The van der Waals surface area contributed by atoms with Crippen molar-refractivity contribution in [3.63, 3.8) is 0 Å². The molecular formula is C28H44N4O8P4. The molecule has 2 saturated heterocycles. The first-order valence-corrected chi connectivity index (χ1v) is 20.5. The molecule has 0 N–H and O–H groups in total. The van der Waals surface area contributed by atoms with Crippen LogP contribution in [-0.4, -0.2) is 39.9 Å². The van der Waals surface area contributed by atoms with E-state index in [1.807, 2.05) is 0 Å². The SMILES string of the molecule is CC(C)(C)N1[P+]2([O-])Oc3cccc(c3)O[P+]3([O-])N(C(C)(C)C)[P+]([O-])(Oc4cccc(c4)O[P+]1([O-])N2C(C)(C)C)N3C(C)(C)C.